The molecule has 0 atom stereocenters. The zero-order chi connectivity index (χ0) is 21.3. The van der Waals surface area contributed by atoms with E-state index >= 15 is 0 Å². The number of ether oxygens (including phenoxy) is 2. The van der Waals surface area contributed by atoms with E-state index in [1.165, 1.54) is 21.9 Å². The lowest BCUT2D eigenvalue weighted by Crippen LogP contribution is -2.26. The second-order valence-corrected chi connectivity index (χ2v) is 7.44. The van der Waals surface area contributed by atoms with Crippen molar-refractivity contribution in [2.24, 2.45) is 0 Å². The molecule has 152 valence electrons. The number of anilines is 1. The summed E-state index contributed by atoms with van der Waals surface area (Å²) in [5, 5.41) is 4.57. The Morgan fingerprint density at radius 2 is 1.97 bits per heavy atom. The molecule has 0 fully saturated rings. The van der Waals surface area contributed by atoms with Crippen LogP contribution in [0.2, 0.25) is 0 Å². The van der Waals surface area contributed by atoms with Crippen molar-refractivity contribution in [3.8, 4) is 22.8 Å². The zero-order valence-electron chi connectivity index (χ0n) is 16.6. The van der Waals surface area contributed by atoms with Crippen molar-refractivity contribution in [3.63, 3.8) is 0 Å². The number of rotatable bonds is 5. The minimum Gasteiger partial charge on any atom is -0.497 e. The van der Waals surface area contributed by atoms with Gasteiger partial charge in [0.05, 0.1) is 19.9 Å². The summed E-state index contributed by atoms with van der Waals surface area (Å²) in [6, 6.07) is 12.7. The molecular formula is C22H19N3O4S. The fourth-order valence-corrected chi connectivity index (χ4v) is 4.02. The molecule has 8 heteroatoms. The summed E-state index contributed by atoms with van der Waals surface area (Å²) < 4.78 is 12.2. The van der Waals surface area contributed by atoms with Crippen molar-refractivity contribution >= 4 is 27.9 Å². The summed E-state index contributed by atoms with van der Waals surface area (Å²) in [5.41, 5.74) is 2.37. The Kier molecular flexibility index (Phi) is 5.24. The Bertz CT molecular complexity index is 1310. The minimum absolute atomic E-state index is 0.0458. The zero-order valence-corrected chi connectivity index (χ0v) is 17.4. The molecule has 0 aliphatic carbocycles. The molecule has 0 aliphatic heterocycles. The highest BCUT2D eigenvalue weighted by Crippen LogP contribution is 2.35. The first kappa shape index (κ1) is 19.7. The molecule has 0 spiro atoms. The molecule has 2 aromatic heterocycles. The molecule has 0 bridgehead atoms. The van der Waals surface area contributed by atoms with Crippen LogP contribution in [0.5, 0.6) is 11.5 Å². The van der Waals surface area contributed by atoms with Gasteiger partial charge >= 0.3 is 0 Å². The van der Waals surface area contributed by atoms with Crippen LogP contribution in [0.1, 0.15) is 15.9 Å². The van der Waals surface area contributed by atoms with Gasteiger partial charge in [0, 0.05) is 22.8 Å². The van der Waals surface area contributed by atoms with E-state index in [1.807, 2.05) is 30.5 Å². The number of amides is 1. The van der Waals surface area contributed by atoms with Crippen molar-refractivity contribution in [2.75, 3.05) is 19.5 Å². The summed E-state index contributed by atoms with van der Waals surface area (Å²) in [6.07, 6.45) is 1.31. The fraction of sp³-hybridized carbons (Fsp3) is 0.136. The molecule has 1 amide bonds. The van der Waals surface area contributed by atoms with E-state index < -0.39 is 11.5 Å². The molecule has 2 aromatic carbocycles. The molecular weight excluding hydrogens is 402 g/mol. The molecule has 0 saturated carbocycles. The number of aryl methyl sites for hydroxylation is 1. The van der Waals surface area contributed by atoms with Crippen LogP contribution in [0.4, 0.5) is 5.69 Å². The number of carbonyl (C=O) groups excluding carboxylic acids is 1. The maximum absolute atomic E-state index is 13.2. The SMILES string of the molecule is COc1ccc(OC)c(-c2csc3ncc(C(=O)Nc4cccc(C)c4)c(=O)n23)c1. The first-order chi connectivity index (χ1) is 14.5. The number of nitrogens with zero attached hydrogens (tertiary/aromatic N) is 2. The van der Waals surface area contributed by atoms with Crippen molar-refractivity contribution in [1.29, 1.82) is 0 Å². The van der Waals surface area contributed by atoms with E-state index in [4.69, 9.17) is 9.47 Å². The third-order valence-electron chi connectivity index (χ3n) is 4.65. The molecule has 2 heterocycles. The third kappa shape index (κ3) is 3.53. The quantitative estimate of drug-likeness (QED) is 0.527. The molecule has 7 nitrogen and oxygen atoms in total. The Labute approximate surface area is 176 Å². The molecule has 4 rings (SSSR count). The van der Waals surface area contributed by atoms with Gasteiger partial charge in [-0.25, -0.2) is 4.98 Å². The van der Waals surface area contributed by atoms with Crippen LogP contribution in [0.15, 0.2) is 58.8 Å². The number of hydrogen-bond donors (Lipinski definition) is 1. The van der Waals surface area contributed by atoms with Gasteiger partial charge in [-0.15, -0.1) is 11.3 Å². The van der Waals surface area contributed by atoms with Crippen molar-refractivity contribution in [3.05, 3.63) is 75.5 Å². The lowest BCUT2D eigenvalue weighted by Gasteiger charge is -2.11. The topological polar surface area (TPSA) is 81.9 Å². The largest absolute Gasteiger partial charge is 0.497 e. The highest BCUT2D eigenvalue weighted by molar-refractivity contribution is 7.15. The Morgan fingerprint density at radius 3 is 2.70 bits per heavy atom. The highest BCUT2D eigenvalue weighted by atomic mass is 32.1. The van der Waals surface area contributed by atoms with Crippen molar-refractivity contribution < 1.29 is 14.3 Å². The number of thiazole rings is 1. The fourth-order valence-electron chi connectivity index (χ4n) is 3.17. The monoisotopic (exact) mass is 421 g/mol. The smallest absolute Gasteiger partial charge is 0.271 e. The molecule has 0 unspecified atom stereocenters. The van der Waals surface area contributed by atoms with E-state index in [-0.39, 0.29) is 5.56 Å². The summed E-state index contributed by atoms with van der Waals surface area (Å²) in [4.78, 5) is 30.8. The van der Waals surface area contributed by atoms with Gasteiger partial charge in [0.15, 0.2) is 4.96 Å². The summed E-state index contributed by atoms with van der Waals surface area (Å²) in [7, 11) is 3.13. The lowest BCUT2D eigenvalue weighted by atomic mass is 10.1. The van der Waals surface area contributed by atoms with Gasteiger partial charge in [0.25, 0.3) is 11.5 Å². The number of methoxy groups -OCH3 is 2. The number of nitrogens with one attached hydrogen (secondary N) is 1. The second kappa shape index (κ2) is 8.00. The van der Waals surface area contributed by atoms with E-state index in [9.17, 15) is 9.59 Å². The van der Waals surface area contributed by atoms with Crippen LogP contribution in [0.25, 0.3) is 16.2 Å². The Balaban J connectivity index is 1.82. The second-order valence-electron chi connectivity index (χ2n) is 6.61. The van der Waals surface area contributed by atoms with E-state index in [2.05, 4.69) is 10.3 Å². The van der Waals surface area contributed by atoms with Crippen molar-refractivity contribution in [1.82, 2.24) is 9.38 Å². The molecule has 0 radical (unpaired) electrons. The first-order valence-electron chi connectivity index (χ1n) is 9.11. The molecule has 30 heavy (non-hydrogen) atoms. The summed E-state index contributed by atoms with van der Waals surface area (Å²) >= 11 is 1.31. The van der Waals surface area contributed by atoms with Crippen LogP contribution in [0.3, 0.4) is 0 Å². The highest BCUT2D eigenvalue weighted by Gasteiger charge is 2.19. The predicted molar refractivity (Wildman–Crippen MR) is 117 cm³/mol. The van der Waals surface area contributed by atoms with Gasteiger partial charge in [-0.3, -0.25) is 14.0 Å². The van der Waals surface area contributed by atoms with Crippen LogP contribution < -0.4 is 20.3 Å². The minimum atomic E-state index is -0.512. The van der Waals surface area contributed by atoms with E-state index in [1.54, 1.807) is 38.5 Å². The lowest BCUT2D eigenvalue weighted by molar-refractivity contribution is 0.102. The van der Waals surface area contributed by atoms with Gasteiger partial charge in [-0.05, 0) is 42.8 Å². The van der Waals surface area contributed by atoms with Crippen LogP contribution in [-0.2, 0) is 0 Å². The summed E-state index contributed by atoms with van der Waals surface area (Å²) in [5.74, 6) is 0.693. The Hall–Kier alpha value is -3.65. The predicted octanol–water partition coefficient (Wildman–Crippen LogP) is 4.00. The van der Waals surface area contributed by atoms with Gasteiger partial charge in [0.1, 0.15) is 17.1 Å². The number of hydrogen-bond acceptors (Lipinski definition) is 6. The number of benzene rings is 2. The van der Waals surface area contributed by atoms with Crippen molar-refractivity contribution in [2.45, 2.75) is 6.92 Å². The third-order valence-corrected chi connectivity index (χ3v) is 5.49. The van der Waals surface area contributed by atoms with E-state index in [0.717, 1.165) is 5.56 Å². The number of fused-ring (bicyclic) bond motifs is 1. The molecule has 1 N–H and O–H groups in total. The van der Waals surface area contributed by atoms with Crippen LogP contribution >= 0.6 is 11.3 Å². The van der Waals surface area contributed by atoms with Gasteiger partial charge < -0.3 is 14.8 Å². The van der Waals surface area contributed by atoms with Crippen LogP contribution in [0, 0.1) is 6.92 Å². The Morgan fingerprint density at radius 1 is 1.13 bits per heavy atom. The van der Waals surface area contributed by atoms with Crippen LogP contribution in [-0.4, -0.2) is 29.5 Å². The van der Waals surface area contributed by atoms with Gasteiger partial charge in [-0.1, -0.05) is 12.1 Å². The maximum atomic E-state index is 13.2. The van der Waals surface area contributed by atoms with Gasteiger partial charge in [0.2, 0.25) is 0 Å². The standard InChI is InChI=1S/C22H19N3O4S/c1-13-5-4-6-14(9-13)24-20(26)17-11-23-22-25(21(17)27)18(12-30-22)16-10-15(28-2)7-8-19(16)29-3/h4-12H,1-3H3,(H,24,26). The first-order valence-corrected chi connectivity index (χ1v) is 9.99. The molecule has 0 aliphatic rings. The van der Waals surface area contributed by atoms with Gasteiger partial charge in [-0.2, -0.15) is 0 Å². The molecule has 0 saturated heterocycles. The normalized spacial score (nSPS) is 10.8. The average Bonchev–Trinajstić information content (AvgIpc) is 3.18. The molecule has 4 aromatic rings. The summed E-state index contributed by atoms with van der Waals surface area (Å²) in [6.45, 7) is 1.93. The van der Waals surface area contributed by atoms with E-state index in [0.29, 0.717) is 33.4 Å². The average molecular weight is 421 g/mol. The number of aromatic nitrogens is 2. The number of carbonyl (C=O) groups is 1. The maximum Gasteiger partial charge on any atom is 0.271 e.